The van der Waals surface area contributed by atoms with Gasteiger partial charge in [-0.2, -0.15) is 9.97 Å². The lowest BCUT2D eigenvalue weighted by molar-refractivity contribution is -0.147. The molecule has 192 valence electrons. The van der Waals surface area contributed by atoms with Gasteiger partial charge in [-0.05, 0) is 61.0 Å². The molecule has 0 amide bonds. The van der Waals surface area contributed by atoms with E-state index in [1.54, 1.807) is 55.5 Å². The van der Waals surface area contributed by atoms with Crippen molar-refractivity contribution in [2.45, 2.75) is 33.9 Å². The molecule has 0 aliphatic heterocycles. The summed E-state index contributed by atoms with van der Waals surface area (Å²) >= 11 is 5.98. The van der Waals surface area contributed by atoms with Crippen molar-refractivity contribution in [1.82, 2.24) is 24.3 Å². The molecule has 0 radical (unpaired) electrons. The lowest BCUT2D eigenvalue weighted by atomic mass is 9.94. The van der Waals surface area contributed by atoms with Gasteiger partial charge in [-0.15, -0.1) is 0 Å². The molecule has 0 spiro atoms. The second kappa shape index (κ2) is 10.3. The maximum Gasteiger partial charge on any atom is 0.359 e. The maximum absolute atomic E-state index is 13.4. The van der Waals surface area contributed by atoms with E-state index in [9.17, 15) is 19.5 Å². The topological polar surface area (TPSA) is 154 Å². The van der Waals surface area contributed by atoms with Crippen LogP contribution in [0.3, 0.4) is 0 Å². The average Bonchev–Trinajstić information content (AvgIpc) is 3.26. The van der Waals surface area contributed by atoms with Crippen molar-refractivity contribution in [3.05, 3.63) is 86.0 Å². The number of nitrogens with zero attached hydrogens (tertiary/aromatic N) is 5. The molecule has 37 heavy (non-hydrogen) atoms. The molecule has 0 aliphatic rings. The Morgan fingerprint density at radius 1 is 1.08 bits per heavy atom. The first kappa shape index (κ1) is 25.6. The second-order valence-electron chi connectivity index (χ2n) is 8.84. The molecule has 0 fully saturated rings. The van der Waals surface area contributed by atoms with Crippen LogP contribution in [-0.4, -0.2) is 35.3 Å². The highest BCUT2D eigenvalue weighted by Gasteiger charge is 2.30. The molecule has 0 bridgehead atoms. The van der Waals surface area contributed by atoms with E-state index in [0.717, 1.165) is 10.1 Å². The van der Waals surface area contributed by atoms with Crippen LogP contribution in [-0.2, 0) is 17.9 Å². The first-order valence-electron chi connectivity index (χ1n) is 11.1. The smallest absolute Gasteiger partial charge is 0.359 e. The zero-order valence-electron chi connectivity index (χ0n) is 20.1. The number of benzene rings is 2. The van der Waals surface area contributed by atoms with E-state index in [2.05, 4.69) is 20.4 Å². The van der Waals surface area contributed by atoms with Crippen molar-refractivity contribution in [2.75, 3.05) is 5.32 Å². The first-order chi connectivity index (χ1) is 17.5. The number of hydrogen-bond donors (Lipinski definition) is 2. The number of rotatable bonds is 9. The number of aromatic nitrogens is 5. The van der Waals surface area contributed by atoms with Gasteiger partial charge in [0.1, 0.15) is 5.75 Å². The van der Waals surface area contributed by atoms with E-state index in [-0.39, 0.29) is 25.0 Å². The molecular weight excluding hydrogens is 504 g/mol. The molecule has 2 heterocycles. The van der Waals surface area contributed by atoms with Gasteiger partial charge >= 0.3 is 23.4 Å². The normalized spacial score (nSPS) is 11.4. The fourth-order valence-corrected chi connectivity index (χ4v) is 3.43. The number of aliphatic carboxylic acids is 1. The summed E-state index contributed by atoms with van der Waals surface area (Å²) in [6.45, 7) is 4.19. The standard InChI is InChI=1S/C24H23ClN6O6/c1-14-26-21(29-37-14)36-18-10-8-17(9-11-18)27-20-28-22(34)31(13-24(2,3)19(32)33)23(35)30(20)12-15-4-6-16(25)7-5-15/h4-11H,12-13H2,1-3H3,(H,32,33)(H,27,28,34). The van der Waals surface area contributed by atoms with Gasteiger partial charge in [0.05, 0.1) is 12.0 Å². The fraction of sp³-hybridized carbons (Fsp3) is 0.250. The Morgan fingerprint density at radius 3 is 2.35 bits per heavy atom. The van der Waals surface area contributed by atoms with Crippen LogP contribution in [0.1, 0.15) is 25.3 Å². The lowest BCUT2D eigenvalue weighted by Gasteiger charge is -2.21. The molecule has 0 unspecified atom stereocenters. The minimum atomic E-state index is -1.37. The number of anilines is 2. The Morgan fingerprint density at radius 2 is 1.76 bits per heavy atom. The molecule has 0 saturated heterocycles. The number of nitrogens with one attached hydrogen (secondary N) is 1. The van der Waals surface area contributed by atoms with Crippen LogP contribution in [0.25, 0.3) is 0 Å². The molecule has 0 saturated carbocycles. The third-order valence-electron chi connectivity index (χ3n) is 5.36. The third-order valence-corrected chi connectivity index (χ3v) is 5.62. The highest BCUT2D eigenvalue weighted by atomic mass is 35.5. The summed E-state index contributed by atoms with van der Waals surface area (Å²) in [4.78, 5) is 45.9. The van der Waals surface area contributed by atoms with Crippen molar-refractivity contribution >= 4 is 29.2 Å². The Labute approximate surface area is 215 Å². The summed E-state index contributed by atoms with van der Waals surface area (Å²) < 4.78 is 12.5. The van der Waals surface area contributed by atoms with Crippen LogP contribution in [0, 0.1) is 12.3 Å². The molecule has 2 aromatic heterocycles. The Balaban J connectivity index is 1.68. The molecule has 0 aliphatic carbocycles. The third kappa shape index (κ3) is 6.04. The van der Waals surface area contributed by atoms with E-state index in [1.165, 1.54) is 18.4 Å². The highest BCUT2D eigenvalue weighted by Crippen LogP contribution is 2.23. The van der Waals surface area contributed by atoms with Crippen molar-refractivity contribution < 1.29 is 19.2 Å². The van der Waals surface area contributed by atoms with Crippen LogP contribution >= 0.6 is 11.6 Å². The van der Waals surface area contributed by atoms with E-state index in [4.69, 9.17) is 20.9 Å². The van der Waals surface area contributed by atoms with Crippen LogP contribution < -0.4 is 21.4 Å². The van der Waals surface area contributed by atoms with Gasteiger partial charge in [0, 0.05) is 24.2 Å². The number of carboxylic acids is 1. The van der Waals surface area contributed by atoms with Crippen molar-refractivity contribution in [3.8, 4) is 11.8 Å². The molecule has 4 rings (SSSR count). The summed E-state index contributed by atoms with van der Waals surface area (Å²) in [5.41, 5.74) is -1.72. The van der Waals surface area contributed by atoms with Crippen LogP contribution in [0.2, 0.25) is 5.02 Å². The van der Waals surface area contributed by atoms with Gasteiger partial charge in [0.25, 0.3) is 0 Å². The van der Waals surface area contributed by atoms with E-state index < -0.39 is 22.8 Å². The number of carbonyl (C=O) groups is 1. The van der Waals surface area contributed by atoms with Gasteiger partial charge in [-0.25, -0.2) is 14.2 Å². The molecule has 13 heteroatoms. The van der Waals surface area contributed by atoms with Crippen molar-refractivity contribution in [2.24, 2.45) is 5.41 Å². The monoisotopic (exact) mass is 526 g/mol. The van der Waals surface area contributed by atoms with Gasteiger partial charge in [0.15, 0.2) is 0 Å². The summed E-state index contributed by atoms with van der Waals surface area (Å²) in [6, 6.07) is 13.5. The molecule has 2 N–H and O–H groups in total. The van der Waals surface area contributed by atoms with E-state index in [0.29, 0.717) is 22.4 Å². The maximum atomic E-state index is 13.4. The van der Waals surface area contributed by atoms with Gasteiger partial charge in [-0.3, -0.25) is 9.36 Å². The summed E-state index contributed by atoms with van der Waals surface area (Å²) in [6.07, 6.45) is 0. The summed E-state index contributed by atoms with van der Waals surface area (Å²) in [5.74, 6) is -0.371. The Kier molecular flexibility index (Phi) is 7.11. The predicted octanol–water partition coefficient (Wildman–Crippen LogP) is 3.44. The minimum absolute atomic E-state index is 0.0169. The fourth-order valence-electron chi connectivity index (χ4n) is 3.30. The lowest BCUT2D eigenvalue weighted by Crippen LogP contribution is -2.46. The van der Waals surface area contributed by atoms with E-state index >= 15 is 0 Å². The largest absolute Gasteiger partial charge is 0.481 e. The first-order valence-corrected chi connectivity index (χ1v) is 11.4. The van der Waals surface area contributed by atoms with Gasteiger partial charge in [0.2, 0.25) is 11.8 Å². The molecule has 0 atom stereocenters. The highest BCUT2D eigenvalue weighted by molar-refractivity contribution is 6.30. The number of ether oxygens (including phenoxy) is 1. The van der Waals surface area contributed by atoms with Gasteiger partial charge < -0.3 is 19.7 Å². The van der Waals surface area contributed by atoms with Crippen LogP contribution in [0.15, 0.2) is 62.6 Å². The van der Waals surface area contributed by atoms with Crippen LogP contribution in [0.5, 0.6) is 11.8 Å². The zero-order valence-corrected chi connectivity index (χ0v) is 20.9. The minimum Gasteiger partial charge on any atom is -0.481 e. The average molecular weight is 527 g/mol. The van der Waals surface area contributed by atoms with Crippen molar-refractivity contribution in [1.29, 1.82) is 0 Å². The zero-order chi connectivity index (χ0) is 26.7. The number of carboxylic acid groups (broad SMARTS) is 1. The molecular formula is C24H23ClN6O6. The van der Waals surface area contributed by atoms with E-state index in [1.807, 2.05) is 0 Å². The number of hydrogen-bond acceptors (Lipinski definition) is 9. The van der Waals surface area contributed by atoms with Gasteiger partial charge in [-0.1, -0.05) is 23.7 Å². The van der Waals surface area contributed by atoms with Crippen molar-refractivity contribution in [3.63, 3.8) is 0 Å². The van der Waals surface area contributed by atoms with Crippen LogP contribution in [0.4, 0.5) is 11.6 Å². The Bertz CT molecular complexity index is 1540. The summed E-state index contributed by atoms with van der Waals surface area (Å²) in [7, 11) is 0. The summed E-state index contributed by atoms with van der Waals surface area (Å²) in [5, 5.41) is 16.7. The Hall–Kier alpha value is -4.45. The molecule has 2 aromatic carbocycles. The number of halogens is 1. The predicted molar refractivity (Wildman–Crippen MR) is 134 cm³/mol. The second-order valence-corrected chi connectivity index (χ2v) is 9.27. The number of aryl methyl sites for hydroxylation is 1. The SMILES string of the molecule is Cc1nc(Oc2ccc(Nc3nc(=O)n(CC(C)(C)C(=O)O)c(=O)n3Cc3ccc(Cl)cc3)cc2)no1. The molecule has 4 aromatic rings. The molecule has 12 nitrogen and oxygen atoms in total. The quantitative estimate of drug-likeness (QED) is 0.331.